The molecule has 1 aliphatic rings. The van der Waals surface area contributed by atoms with Crippen LogP contribution in [0.15, 0.2) is 18.2 Å². The van der Waals surface area contributed by atoms with E-state index >= 15 is 0 Å². The summed E-state index contributed by atoms with van der Waals surface area (Å²) >= 11 is 11.8. The second-order valence-electron chi connectivity index (χ2n) is 5.75. The number of carbonyl (C=O) groups excluding carboxylic acids is 3. The minimum atomic E-state index is -0.315. The van der Waals surface area contributed by atoms with E-state index in [1.807, 2.05) is 6.92 Å². The van der Waals surface area contributed by atoms with Gasteiger partial charge in [0, 0.05) is 20.0 Å². The minimum Gasteiger partial charge on any atom is -0.350 e. The third-order valence-electron chi connectivity index (χ3n) is 3.84. The number of halogens is 2. The van der Waals surface area contributed by atoms with Gasteiger partial charge in [0.15, 0.2) is 0 Å². The van der Waals surface area contributed by atoms with E-state index in [0.29, 0.717) is 16.5 Å². The first-order valence-electron chi connectivity index (χ1n) is 7.59. The zero-order valence-corrected chi connectivity index (χ0v) is 15.0. The molecule has 1 heterocycles. The highest BCUT2D eigenvalue weighted by atomic mass is 35.5. The summed E-state index contributed by atoms with van der Waals surface area (Å²) in [6, 6.07) is 4.67. The zero-order valence-electron chi connectivity index (χ0n) is 13.5. The number of rotatable bonds is 6. The van der Waals surface area contributed by atoms with Crippen molar-refractivity contribution < 1.29 is 14.4 Å². The van der Waals surface area contributed by atoms with Crippen LogP contribution < -0.4 is 5.32 Å². The summed E-state index contributed by atoms with van der Waals surface area (Å²) in [4.78, 5) is 37.9. The summed E-state index contributed by atoms with van der Waals surface area (Å²) in [5.41, 5.74) is 0.851. The normalized spacial score (nSPS) is 15.8. The highest BCUT2D eigenvalue weighted by Gasteiger charge is 2.32. The quantitative estimate of drug-likeness (QED) is 0.781. The number of benzene rings is 1. The molecular formula is C16H19Cl2N3O3. The topological polar surface area (TPSA) is 69.7 Å². The Balaban J connectivity index is 1.80. The van der Waals surface area contributed by atoms with Gasteiger partial charge in [0.1, 0.15) is 6.54 Å². The molecule has 0 aliphatic carbocycles. The Kier molecular flexibility index (Phi) is 6.07. The van der Waals surface area contributed by atoms with E-state index in [0.717, 1.165) is 5.56 Å². The summed E-state index contributed by atoms with van der Waals surface area (Å²) < 4.78 is 0. The van der Waals surface area contributed by atoms with Gasteiger partial charge in [-0.25, -0.2) is 4.79 Å². The van der Waals surface area contributed by atoms with Crippen LogP contribution in [0.3, 0.4) is 0 Å². The molecule has 4 amide bonds. The Labute approximate surface area is 150 Å². The number of urea groups is 1. The van der Waals surface area contributed by atoms with E-state index in [-0.39, 0.29) is 43.4 Å². The second kappa shape index (κ2) is 7.85. The van der Waals surface area contributed by atoms with E-state index in [1.54, 1.807) is 25.2 Å². The van der Waals surface area contributed by atoms with Crippen LogP contribution in [0.1, 0.15) is 31.4 Å². The van der Waals surface area contributed by atoms with Crippen molar-refractivity contribution in [3.05, 3.63) is 33.8 Å². The molecule has 0 aromatic heterocycles. The van der Waals surface area contributed by atoms with Gasteiger partial charge in [-0.2, -0.15) is 0 Å². The van der Waals surface area contributed by atoms with Crippen molar-refractivity contribution in [2.24, 2.45) is 0 Å². The molecule has 0 radical (unpaired) electrons. The van der Waals surface area contributed by atoms with Crippen LogP contribution in [-0.4, -0.2) is 47.8 Å². The Morgan fingerprint density at radius 1 is 1.29 bits per heavy atom. The van der Waals surface area contributed by atoms with Gasteiger partial charge in [-0.3, -0.25) is 14.5 Å². The maximum Gasteiger partial charge on any atom is 0.326 e. The molecule has 24 heavy (non-hydrogen) atoms. The van der Waals surface area contributed by atoms with Gasteiger partial charge in [-0.15, -0.1) is 0 Å². The fourth-order valence-electron chi connectivity index (χ4n) is 2.47. The average molecular weight is 372 g/mol. The molecule has 2 rings (SSSR count). The number of nitrogens with one attached hydrogen (secondary N) is 1. The number of hydrogen-bond donors (Lipinski definition) is 1. The third kappa shape index (κ3) is 4.39. The molecular weight excluding hydrogens is 353 g/mol. The van der Waals surface area contributed by atoms with E-state index in [4.69, 9.17) is 23.2 Å². The summed E-state index contributed by atoms with van der Waals surface area (Å²) in [6.07, 6.45) is 0.650. The predicted molar refractivity (Wildman–Crippen MR) is 92.0 cm³/mol. The van der Waals surface area contributed by atoms with Crippen LogP contribution in [0, 0.1) is 0 Å². The van der Waals surface area contributed by atoms with Crippen molar-refractivity contribution in [2.75, 3.05) is 20.1 Å². The Hall–Kier alpha value is -1.79. The van der Waals surface area contributed by atoms with Crippen molar-refractivity contribution in [3.63, 3.8) is 0 Å². The number of nitrogens with zero attached hydrogens (tertiary/aromatic N) is 2. The van der Waals surface area contributed by atoms with Crippen LogP contribution in [0.2, 0.25) is 10.0 Å². The number of likely N-dealkylation sites (N-methyl/N-ethyl adjacent to an activating group) is 1. The fourth-order valence-corrected chi connectivity index (χ4v) is 2.77. The number of amides is 4. The maximum absolute atomic E-state index is 12.0. The lowest BCUT2D eigenvalue weighted by atomic mass is 10.1. The van der Waals surface area contributed by atoms with Gasteiger partial charge in [0.2, 0.25) is 11.8 Å². The predicted octanol–water partition coefficient (Wildman–Crippen LogP) is 2.84. The molecule has 1 aromatic carbocycles. The van der Waals surface area contributed by atoms with E-state index in [2.05, 4.69) is 5.32 Å². The fraction of sp³-hybridized carbons (Fsp3) is 0.438. The average Bonchev–Trinajstić information content (AvgIpc) is 2.76. The molecule has 1 fully saturated rings. The molecule has 1 aliphatic heterocycles. The molecule has 1 N–H and O–H groups in total. The lowest BCUT2D eigenvalue weighted by molar-refractivity contribution is -0.126. The van der Waals surface area contributed by atoms with Crippen molar-refractivity contribution in [2.45, 2.75) is 25.8 Å². The molecule has 0 bridgehead atoms. The SMILES string of the molecule is CC(NC(=O)CCCN1C(=O)CN(C)C1=O)c1ccc(Cl)c(Cl)c1. The van der Waals surface area contributed by atoms with Gasteiger partial charge in [0.25, 0.3) is 0 Å². The van der Waals surface area contributed by atoms with Crippen molar-refractivity contribution in [1.29, 1.82) is 0 Å². The Morgan fingerprint density at radius 2 is 2.00 bits per heavy atom. The van der Waals surface area contributed by atoms with Gasteiger partial charge in [-0.05, 0) is 31.0 Å². The highest BCUT2D eigenvalue weighted by Crippen LogP contribution is 2.25. The first-order valence-corrected chi connectivity index (χ1v) is 8.35. The standard InChI is InChI=1S/C16H19Cl2N3O3/c1-10(11-5-6-12(17)13(18)8-11)19-14(22)4-3-7-21-15(23)9-20(2)16(21)24/h5-6,8,10H,3-4,7,9H2,1-2H3,(H,19,22). The highest BCUT2D eigenvalue weighted by molar-refractivity contribution is 6.42. The van der Waals surface area contributed by atoms with Crippen LogP contribution in [0.5, 0.6) is 0 Å². The lowest BCUT2D eigenvalue weighted by Crippen LogP contribution is -2.33. The van der Waals surface area contributed by atoms with Crippen LogP contribution in [0.4, 0.5) is 4.79 Å². The number of hydrogen-bond acceptors (Lipinski definition) is 3. The summed E-state index contributed by atoms with van der Waals surface area (Å²) in [6.45, 7) is 2.19. The van der Waals surface area contributed by atoms with Gasteiger partial charge in [0.05, 0.1) is 16.1 Å². The van der Waals surface area contributed by atoms with E-state index in [1.165, 1.54) is 9.80 Å². The summed E-state index contributed by atoms with van der Waals surface area (Å²) in [5, 5.41) is 3.76. The minimum absolute atomic E-state index is 0.0966. The number of imide groups is 1. The smallest absolute Gasteiger partial charge is 0.326 e. The molecule has 8 heteroatoms. The monoisotopic (exact) mass is 371 g/mol. The summed E-state index contributed by atoms with van der Waals surface area (Å²) in [7, 11) is 1.58. The largest absolute Gasteiger partial charge is 0.350 e. The molecule has 6 nitrogen and oxygen atoms in total. The molecule has 1 unspecified atom stereocenters. The first-order chi connectivity index (χ1) is 11.3. The molecule has 1 aromatic rings. The van der Waals surface area contributed by atoms with E-state index < -0.39 is 0 Å². The van der Waals surface area contributed by atoms with Gasteiger partial charge < -0.3 is 10.2 Å². The maximum atomic E-state index is 12.0. The Morgan fingerprint density at radius 3 is 2.58 bits per heavy atom. The van der Waals surface area contributed by atoms with Crippen molar-refractivity contribution >= 4 is 41.0 Å². The van der Waals surface area contributed by atoms with Crippen LogP contribution in [0.25, 0.3) is 0 Å². The molecule has 1 saturated heterocycles. The van der Waals surface area contributed by atoms with Gasteiger partial charge in [-0.1, -0.05) is 29.3 Å². The second-order valence-corrected chi connectivity index (χ2v) is 6.56. The van der Waals surface area contributed by atoms with E-state index in [9.17, 15) is 14.4 Å². The Bertz CT molecular complexity index is 666. The zero-order chi connectivity index (χ0) is 17.9. The molecule has 0 spiro atoms. The molecule has 0 saturated carbocycles. The van der Waals surface area contributed by atoms with Crippen LogP contribution >= 0.6 is 23.2 Å². The molecule has 1 atom stereocenters. The van der Waals surface area contributed by atoms with Crippen molar-refractivity contribution in [1.82, 2.24) is 15.1 Å². The first kappa shape index (κ1) is 18.5. The number of carbonyl (C=O) groups is 3. The van der Waals surface area contributed by atoms with Crippen molar-refractivity contribution in [3.8, 4) is 0 Å². The summed E-state index contributed by atoms with van der Waals surface area (Å²) in [5.74, 6) is -0.381. The van der Waals surface area contributed by atoms with Gasteiger partial charge >= 0.3 is 6.03 Å². The lowest BCUT2D eigenvalue weighted by Gasteiger charge is -2.16. The third-order valence-corrected chi connectivity index (χ3v) is 4.58. The van der Waals surface area contributed by atoms with Crippen LogP contribution in [-0.2, 0) is 9.59 Å². The molecule has 130 valence electrons.